The molecule has 2 aromatic rings. The monoisotopic (exact) mass is 412 g/mol. The first-order valence-electron chi connectivity index (χ1n) is 9.24. The average Bonchev–Trinajstić information content (AvgIpc) is 2.90. The summed E-state index contributed by atoms with van der Waals surface area (Å²) in [5, 5.41) is 10.8. The lowest BCUT2D eigenvalue weighted by atomic mass is 10.1. The first-order valence-corrected chi connectivity index (χ1v) is 9.24. The maximum atomic E-state index is 12.5. The Labute approximate surface area is 168 Å². The molecule has 160 valence electrons. The Balaban J connectivity index is 1.77. The molecule has 0 saturated heterocycles. The topological polar surface area (TPSA) is 76.4 Å². The molecular formula is C19H27F3N6O. The van der Waals surface area contributed by atoms with Crippen molar-refractivity contribution in [3.8, 4) is 5.88 Å². The average molecular weight is 412 g/mol. The standard InChI is InChI=1S/C19H27F3N6O/c1-12(10-16-13(2)27-28(5)14(16)3)26-18(23-4)24-8-9-29-17-7-6-15(11-25-17)19(20,21)22/h6-7,11-12H,8-10H2,1-5H3,(H2,23,24,26). The fourth-order valence-corrected chi connectivity index (χ4v) is 2.86. The Kier molecular flexibility index (Phi) is 7.46. The second-order valence-corrected chi connectivity index (χ2v) is 6.75. The van der Waals surface area contributed by atoms with Gasteiger partial charge in [-0.3, -0.25) is 9.67 Å². The van der Waals surface area contributed by atoms with E-state index in [1.807, 2.05) is 25.6 Å². The Morgan fingerprint density at radius 3 is 2.55 bits per heavy atom. The summed E-state index contributed by atoms with van der Waals surface area (Å²) < 4.78 is 44.8. The summed E-state index contributed by atoms with van der Waals surface area (Å²) in [6, 6.07) is 2.27. The van der Waals surface area contributed by atoms with Crippen molar-refractivity contribution in [1.29, 1.82) is 0 Å². The van der Waals surface area contributed by atoms with Gasteiger partial charge in [0.2, 0.25) is 5.88 Å². The largest absolute Gasteiger partial charge is 0.476 e. The number of hydrogen-bond acceptors (Lipinski definition) is 4. The maximum absolute atomic E-state index is 12.5. The first kappa shape index (κ1) is 22.5. The van der Waals surface area contributed by atoms with Crippen LogP contribution in [0.15, 0.2) is 23.3 Å². The van der Waals surface area contributed by atoms with Gasteiger partial charge in [-0.2, -0.15) is 18.3 Å². The number of rotatable bonds is 7. The predicted octanol–water partition coefficient (Wildman–Crippen LogP) is 2.63. The highest BCUT2D eigenvalue weighted by Crippen LogP contribution is 2.29. The molecule has 0 spiro atoms. The minimum absolute atomic E-state index is 0.125. The van der Waals surface area contributed by atoms with Crippen molar-refractivity contribution in [3.63, 3.8) is 0 Å². The number of aromatic nitrogens is 3. The molecule has 0 saturated carbocycles. The lowest BCUT2D eigenvalue weighted by Crippen LogP contribution is -2.44. The van der Waals surface area contributed by atoms with Crippen molar-refractivity contribution in [2.45, 2.75) is 39.4 Å². The lowest BCUT2D eigenvalue weighted by molar-refractivity contribution is -0.137. The van der Waals surface area contributed by atoms with E-state index < -0.39 is 11.7 Å². The molecule has 0 bridgehead atoms. The van der Waals surface area contributed by atoms with Crippen LogP contribution in [-0.4, -0.2) is 47.0 Å². The highest BCUT2D eigenvalue weighted by molar-refractivity contribution is 5.79. The molecular weight excluding hydrogens is 385 g/mol. The Morgan fingerprint density at radius 1 is 1.31 bits per heavy atom. The SMILES string of the molecule is CN=C(NCCOc1ccc(C(F)(F)F)cn1)NC(C)Cc1c(C)nn(C)c1C. The molecule has 0 aliphatic rings. The second kappa shape index (κ2) is 9.62. The first-order chi connectivity index (χ1) is 13.6. The molecule has 2 aromatic heterocycles. The summed E-state index contributed by atoms with van der Waals surface area (Å²) >= 11 is 0. The van der Waals surface area contributed by atoms with Gasteiger partial charge in [-0.25, -0.2) is 4.98 Å². The summed E-state index contributed by atoms with van der Waals surface area (Å²) in [6.07, 6.45) is -2.85. The normalized spacial score (nSPS) is 13.3. The van der Waals surface area contributed by atoms with Crippen LogP contribution in [-0.2, 0) is 19.6 Å². The van der Waals surface area contributed by atoms with Gasteiger partial charge in [-0.15, -0.1) is 0 Å². The van der Waals surface area contributed by atoms with Crippen molar-refractivity contribution in [3.05, 3.63) is 40.8 Å². The quantitative estimate of drug-likeness (QED) is 0.415. The molecule has 29 heavy (non-hydrogen) atoms. The van der Waals surface area contributed by atoms with E-state index in [1.54, 1.807) is 7.05 Å². The highest BCUT2D eigenvalue weighted by Gasteiger charge is 2.30. The molecule has 2 N–H and O–H groups in total. The molecule has 0 aliphatic carbocycles. The van der Waals surface area contributed by atoms with Crippen LogP contribution < -0.4 is 15.4 Å². The Bertz CT molecular complexity index is 830. The number of hydrogen-bond donors (Lipinski definition) is 2. The highest BCUT2D eigenvalue weighted by atomic mass is 19.4. The van der Waals surface area contributed by atoms with E-state index in [1.165, 1.54) is 11.6 Å². The van der Waals surface area contributed by atoms with Gasteiger partial charge in [0.1, 0.15) is 6.61 Å². The molecule has 2 rings (SSSR count). The number of guanidine groups is 1. The number of ether oxygens (including phenoxy) is 1. The van der Waals surface area contributed by atoms with Crippen LogP contribution in [0.3, 0.4) is 0 Å². The van der Waals surface area contributed by atoms with E-state index in [9.17, 15) is 13.2 Å². The van der Waals surface area contributed by atoms with Gasteiger partial charge < -0.3 is 15.4 Å². The van der Waals surface area contributed by atoms with Gasteiger partial charge in [-0.05, 0) is 38.8 Å². The van der Waals surface area contributed by atoms with Crippen LogP contribution in [0.1, 0.15) is 29.4 Å². The number of aryl methyl sites for hydroxylation is 2. The third-order valence-electron chi connectivity index (χ3n) is 4.48. The van der Waals surface area contributed by atoms with Gasteiger partial charge in [0, 0.05) is 38.1 Å². The summed E-state index contributed by atoms with van der Waals surface area (Å²) in [5.74, 6) is 0.749. The smallest absolute Gasteiger partial charge is 0.417 e. The summed E-state index contributed by atoms with van der Waals surface area (Å²) in [7, 11) is 3.59. The van der Waals surface area contributed by atoms with Crippen molar-refractivity contribution in [2.75, 3.05) is 20.2 Å². The molecule has 10 heteroatoms. The number of alkyl halides is 3. The molecule has 2 heterocycles. The number of halogens is 3. The van der Waals surface area contributed by atoms with Gasteiger partial charge in [0.25, 0.3) is 0 Å². The summed E-state index contributed by atoms with van der Waals surface area (Å²) in [6.45, 7) is 6.74. The number of nitrogens with one attached hydrogen (secondary N) is 2. The lowest BCUT2D eigenvalue weighted by Gasteiger charge is -2.18. The van der Waals surface area contributed by atoms with E-state index in [2.05, 4.69) is 32.6 Å². The van der Waals surface area contributed by atoms with Crippen molar-refractivity contribution < 1.29 is 17.9 Å². The number of nitrogens with zero attached hydrogens (tertiary/aromatic N) is 4. The molecule has 0 amide bonds. The van der Waals surface area contributed by atoms with Crippen LogP contribution in [0, 0.1) is 13.8 Å². The third kappa shape index (κ3) is 6.37. The van der Waals surface area contributed by atoms with E-state index in [4.69, 9.17) is 4.74 Å². The fraction of sp³-hybridized carbons (Fsp3) is 0.526. The molecule has 0 radical (unpaired) electrons. The molecule has 1 unspecified atom stereocenters. The molecule has 1 atom stereocenters. The second-order valence-electron chi connectivity index (χ2n) is 6.75. The Morgan fingerprint density at radius 2 is 2.03 bits per heavy atom. The molecule has 0 aromatic carbocycles. The van der Waals surface area contributed by atoms with Gasteiger partial charge in [0.05, 0.1) is 17.8 Å². The number of aliphatic imine (C=N–C) groups is 1. The zero-order chi connectivity index (χ0) is 21.6. The minimum Gasteiger partial charge on any atom is -0.476 e. The van der Waals surface area contributed by atoms with Crippen molar-refractivity contribution in [1.82, 2.24) is 25.4 Å². The van der Waals surface area contributed by atoms with Crippen LogP contribution in [0.2, 0.25) is 0 Å². The molecule has 0 fully saturated rings. The zero-order valence-corrected chi connectivity index (χ0v) is 17.3. The predicted molar refractivity (Wildman–Crippen MR) is 105 cm³/mol. The van der Waals surface area contributed by atoms with E-state index >= 15 is 0 Å². The summed E-state index contributed by atoms with van der Waals surface area (Å²) in [4.78, 5) is 7.85. The van der Waals surface area contributed by atoms with E-state index in [-0.39, 0.29) is 18.5 Å². The van der Waals surface area contributed by atoms with E-state index in [0.717, 1.165) is 30.1 Å². The van der Waals surface area contributed by atoms with Gasteiger partial charge in [-0.1, -0.05) is 0 Å². The Hall–Kier alpha value is -2.78. The van der Waals surface area contributed by atoms with Crippen molar-refractivity contribution >= 4 is 5.96 Å². The van der Waals surface area contributed by atoms with Crippen molar-refractivity contribution in [2.24, 2.45) is 12.0 Å². The van der Waals surface area contributed by atoms with Crippen LogP contribution >= 0.6 is 0 Å². The molecule has 0 aliphatic heterocycles. The fourth-order valence-electron chi connectivity index (χ4n) is 2.86. The van der Waals surface area contributed by atoms with Crippen LogP contribution in [0.4, 0.5) is 13.2 Å². The number of pyridine rings is 1. The minimum atomic E-state index is -4.41. The zero-order valence-electron chi connectivity index (χ0n) is 17.3. The van der Waals surface area contributed by atoms with E-state index in [0.29, 0.717) is 12.5 Å². The van der Waals surface area contributed by atoms with Gasteiger partial charge in [0.15, 0.2) is 5.96 Å². The maximum Gasteiger partial charge on any atom is 0.417 e. The summed E-state index contributed by atoms with van der Waals surface area (Å²) in [5.41, 5.74) is 2.55. The van der Waals surface area contributed by atoms with Gasteiger partial charge >= 0.3 is 6.18 Å². The molecule has 7 nitrogen and oxygen atoms in total. The van der Waals surface area contributed by atoms with Crippen LogP contribution in [0.5, 0.6) is 5.88 Å². The third-order valence-corrected chi connectivity index (χ3v) is 4.48. The van der Waals surface area contributed by atoms with Crippen LogP contribution in [0.25, 0.3) is 0 Å².